The third-order valence-electron chi connectivity index (χ3n) is 5.95. The van der Waals surface area contributed by atoms with Crippen LogP contribution in [0.4, 0.5) is 0 Å². The van der Waals surface area contributed by atoms with E-state index in [1.165, 1.54) is 0 Å². The van der Waals surface area contributed by atoms with Crippen molar-refractivity contribution in [3.63, 3.8) is 0 Å². The number of rotatable bonds is 2. The summed E-state index contributed by atoms with van der Waals surface area (Å²) in [6.45, 7) is 7.60. The molecule has 3 unspecified atom stereocenters. The number of aliphatic hydroxyl groups is 1. The van der Waals surface area contributed by atoms with Crippen molar-refractivity contribution in [1.82, 2.24) is 4.90 Å². The van der Waals surface area contributed by atoms with Crippen LogP contribution in [0.1, 0.15) is 40.0 Å². The van der Waals surface area contributed by atoms with E-state index in [-0.39, 0.29) is 23.3 Å². The largest absolute Gasteiger partial charge is 0.386 e. The first-order valence-electron chi connectivity index (χ1n) is 7.68. The smallest absolute Gasteiger partial charge is 0.243 e. The van der Waals surface area contributed by atoms with E-state index in [0.29, 0.717) is 19.5 Å². The van der Waals surface area contributed by atoms with Crippen molar-refractivity contribution in [2.24, 2.45) is 17.1 Å². The van der Waals surface area contributed by atoms with Crippen LogP contribution in [0.25, 0.3) is 0 Å². The molecule has 0 aromatic rings. The summed E-state index contributed by atoms with van der Waals surface area (Å²) in [5.41, 5.74) is 4.68. The maximum atomic E-state index is 12.8. The molecule has 3 aliphatic rings. The lowest BCUT2D eigenvalue weighted by Gasteiger charge is -2.66. The van der Waals surface area contributed by atoms with E-state index >= 15 is 0 Å². The molecular weight excluding hydrogens is 256 g/mol. The second-order valence-corrected chi connectivity index (χ2v) is 7.37. The predicted molar refractivity (Wildman–Crippen MR) is 75.0 cm³/mol. The molecule has 3 N–H and O–H groups in total. The topological polar surface area (TPSA) is 75.8 Å². The molecule has 0 radical (unpaired) electrons. The van der Waals surface area contributed by atoms with Gasteiger partial charge in [0.1, 0.15) is 5.54 Å². The molecule has 5 nitrogen and oxygen atoms in total. The maximum Gasteiger partial charge on any atom is 0.243 e. The van der Waals surface area contributed by atoms with Gasteiger partial charge in [0.05, 0.1) is 24.8 Å². The Balaban J connectivity index is 1.77. The second kappa shape index (κ2) is 4.18. The fourth-order valence-corrected chi connectivity index (χ4v) is 4.30. The molecule has 3 fully saturated rings. The van der Waals surface area contributed by atoms with Crippen molar-refractivity contribution in [2.45, 2.75) is 57.3 Å². The van der Waals surface area contributed by atoms with E-state index in [0.717, 1.165) is 19.4 Å². The molecule has 5 heteroatoms. The van der Waals surface area contributed by atoms with Gasteiger partial charge in [-0.15, -0.1) is 0 Å². The Morgan fingerprint density at radius 3 is 2.70 bits per heavy atom. The summed E-state index contributed by atoms with van der Waals surface area (Å²) in [7, 11) is 0. The number of β-amino-alcohol motifs (C(OH)–C–C–N with tert-alkyl or cyclic N) is 1. The van der Waals surface area contributed by atoms with Crippen LogP contribution in [0.2, 0.25) is 0 Å². The molecule has 1 amide bonds. The Kier molecular flexibility index (Phi) is 2.99. The monoisotopic (exact) mass is 282 g/mol. The third kappa shape index (κ3) is 1.57. The van der Waals surface area contributed by atoms with Gasteiger partial charge in [0.2, 0.25) is 5.91 Å². The molecule has 3 atom stereocenters. The van der Waals surface area contributed by atoms with E-state index in [9.17, 15) is 9.90 Å². The first kappa shape index (κ1) is 14.3. The first-order chi connectivity index (χ1) is 9.26. The molecule has 114 valence electrons. The summed E-state index contributed by atoms with van der Waals surface area (Å²) in [5, 5.41) is 10.1. The fraction of sp³-hybridized carbons (Fsp3) is 0.933. The molecule has 1 saturated carbocycles. The van der Waals surface area contributed by atoms with Gasteiger partial charge in [-0.2, -0.15) is 0 Å². The van der Waals surface area contributed by atoms with Crippen LogP contribution in [-0.4, -0.2) is 52.9 Å². The number of carbonyl (C=O) groups excluding carboxylic acids is 1. The van der Waals surface area contributed by atoms with Gasteiger partial charge in [-0.3, -0.25) is 4.79 Å². The molecule has 0 spiro atoms. The van der Waals surface area contributed by atoms with Gasteiger partial charge in [-0.05, 0) is 19.3 Å². The van der Waals surface area contributed by atoms with Crippen molar-refractivity contribution in [1.29, 1.82) is 0 Å². The molecule has 1 aliphatic carbocycles. The van der Waals surface area contributed by atoms with Gasteiger partial charge in [0.25, 0.3) is 0 Å². The average Bonchev–Trinajstić information content (AvgIpc) is 2.42. The van der Waals surface area contributed by atoms with Crippen molar-refractivity contribution in [3.05, 3.63) is 0 Å². The minimum atomic E-state index is -0.840. The Hall–Kier alpha value is -0.650. The number of hydrogen-bond acceptors (Lipinski definition) is 4. The lowest BCUT2D eigenvalue weighted by Crippen LogP contribution is -2.84. The number of amides is 1. The summed E-state index contributed by atoms with van der Waals surface area (Å²) in [4.78, 5) is 14.6. The Labute approximate surface area is 120 Å². The number of hydrogen-bond donors (Lipinski definition) is 2. The zero-order chi connectivity index (χ0) is 14.8. The second-order valence-electron chi connectivity index (χ2n) is 7.37. The minimum absolute atomic E-state index is 0.00706. The zero-order valence-electron chi connectivity index (χ0n) is 12.7. The van der Waals surface area contributed by atoms with E-state index in [1.807, 2.05) is 20.8 Å². The minimum Gasteiger partial charge on any atom is -0.386 e. The third-order valence-corrected chi connectivity index (χ3v) is 5.95. The van der Waals surface area contributed by atoms with Crippen LogP contribution in [0.15, 0.2) is 0 Å². The quantitative estimate of drug-likeness (QED) is 0.773. The predicted octanol–water partition coefficient (Wildman–Crippen LogP) is 0.502. The highest BCUT2D eigenvalue weighted by molar-refractivity contribution is 5.90. The highest BCUT2D eigenvalue weighted by Crippen LogP contribution is 2.58. The highest BCUT2D eigenvalue weighted by Gasteiger charge is 2.71. The molecular formula is C15H26N2O3. The van der Waals surface area contributed by atoms with Crippen molar-refractivity contribution < 1.29 is 14.6 Å². The molecule has 0 bridgehead atoms. The van der Waals surface area contributed by atoms with Crippen LogP contribution in [0.5, 0.6) is 0 Å². The number of ether oxygens (including phenoxy) is 1. The fourth-order valence-electron chi connectivity index (χ4n) is 4.30. The Morgan fingerprint density at radius 1 is 1.45 bits per heavy atom. The number of carbonyl (C=O) groups is 1. The normalized spacial score (nSPS) is 41.4. The first-order valence-corrected chi connectivity index (χ1v) is 7.68. The molecule has 2 aliphatic heterocycles. The van der Waals surface area contributed by atoms with Gasteiger partial charge < -0.3 is 20.5 Å². The summed E-state index contributed by atoms with van der Waals surface area (Å²) in [6.07, 6.45) is 2.70. The molecule has 20 heavy (non-hydrogen) atoms. The van der Waals surface area contributed by atoms with Crippen LogP contribution < -0.4 is 5.73 Å². The lowest BCUT2D eigenvalue weighted by atomic mass is 9.46. The van der Waals surface area contributed by atoms with E-state index in [2.05, 4.69) is 0 Å². The molecule has 2 heterocycles. The van der Waals surface area contributed by atoms with Crippen LogP contribution in [0.3, 0.4) is 0 Å². The Bertz CT molecular complexity index is 431. The van der Waals surface area contributed by atoms with Crippen LogP contribution in [-0.2, 0) is 9.53 Å². The SMILES string of the molecule is CCC1(O)CN(C(=O)C2(N)C3CCCOC3C2(C)C)C1. The van der Waals surface area contributed by atoms with Crippen LogP contribution >= 0.6 is 0 Å². The molecule has 0 aromatic heterocycles. The van der Waals surface area contributed by atoms with E-state index in [1.54, 1.807) is 4.90 Å². The highest BCUT2D eigenvalue weighted by atomic mass is 16.5. The van der Waals surface area contributed by atoms with Crippen LogP contribution in [0, 0.1) is 11.3 Å². The number of fused-ring (bicyclic) bond motifs is 1. The van der Waals surface area contributed by atoms with Gasteiger partial charge in [0.15, 0.2) is 0 Å². The number of nitrogens with two attached hydrogens (primary N) is 1. The maximum absolute atomic E-state index is 12.8. The van der Waals surface area contributed by atoms with E-state index in [4.69, 9.17) is 10.5 Å². The summed E-state index contributed by atoms with van der Waals surface area (Å²) < 4.78 is 5.83. The van der Waals surface area contributed by atoms with Crippen molar-refractivity contribution in [2.75, 3.05) is 19.7 Å². The summed E-state index contributed by atoms with van der Waals surface area (Å²) in [5.74, 6) is 0.112. The molecule has 3 rings (SSSR count). The zero-order valence-corrected chi connectivity index (χ0v) is 12.7. The summed E-state index contributed by atoms with van der Waals surface area (Å²) >= 11 is 0. The molecule has 0 aromatic carbocycles. The molecule has 2 saturated heterocycles. The van der Waals surface area contributed by atoms with Gasteiger partial charge in [-0.25, -0.2) is 0 Å². The van der Waals surface area contributed by atoms with E-state index < -0.39 is 11.1 Å². The standard InChI is InChI=1S/C15H26N2O3/c1-4-14(19)8-17(9-14)12(18)15(16)10-6-5-7-20-11(10)13(15,2)3/h10-11,19H,4-9,16H2,1-3H3. The van der Waals surface area contributed by atoms with Gasteiger partial charge in [0, 0.05) is 17.9 Å². The van der Waals surface area contributed by atoms with Crippen molar-refractivity contribution >= 4 is 5.91 Å². The van der Waals surface area contributed by atoms with Gasteiger partial charge >= 0.3 is 0 Å². The van der Waals surface area contributed by atoms with Crippen molar-refractivity contribution in [3.8, 4) is 0 Å². The number of nitrogens with zero attached hydrogens (tertiary/aromatic N) is 1. The van der Waals surface area contributed by atoms with Gasteiger partial charge in [-0.1, -0.05) is 20.8 Å². The lowest BCUT2D eigenvalue weighted by molar-refractivity contribution is -0.236. The Morgan fingerprint density at radius 2 is 2.10 bits per heavy atom. The summed E-state index contributed by atoms with van der Waals surface area (Å²) in [6, 6.07) is 0. The number of likely N-dealkylation sites (tertiary alicyclic amines) is 1. The average molecular weight is 282 g/mol.